The standard InChI is InChI=1S/C13H14N4O3S/c1-21-11-5-3-2-4-10(11)16-13(20)15-9-6-14-17(7-9)8-12(18)19/h2-7H,8H2,1H3,(H,18,19)(H2,15,16,20). The molecular formula is C13H14N4O3S. The van der Waals surface area contributed by atoms with E-state index in [1.807, 2.05) is 24.5 Å². The van der Waals surface area contributed by atoms with Gasteiger partial charge in [0.25, 0.3) is 0 Å². The topological polar surface area (TPSA) is 96.3 Å². The number of para-hydroxylation sites is 1. The molecule has 0 unspecified atom stereocenters. The first-order chi connectivity index (χ1) is 10.1. The van der Waals surface area contributed by atoms with Crippen LogP contribution < -0.4 is 10.6 Å². The third-order valence-electron chi connectivity index (χ3n) is 2.54. The van der Waals surface area contributed by atoms with Gasteiger partial charge in [0.05, 0.1) is 17.6 Å². The highest BCUT2D eigenvalue weighted by atomic mass is 32.2. The van der Waals surface area contributed by atoms with Crippen LogP contribution in [0.15, 0.2) is 41.6 Å². The molecule has 0 bridgehead atoms. The number of urea groups is 1. The van der Waals surface area contributed by atoms with Crippen LogP contribution in [0.4, 0.5) is 16.2 Å². The van der Waals surface area contributed by atoms with E-state index >= 15 is 0 Å². The molecule has 2 aromatic rings. The Morgan fingerprint density at radius 2 is 2.10 bits per heavy atom. The van der Waals surface area contributed by atoms with Crippen molar-refractivity contribution >= 4 is 35.1 Å². The number of nitrogens with zero attached hydrogens (tertiary/aromatic N) is 2. The smallest absolute Gasteiger partial charge is 0.325 e. The number of amides is 2. The highest BCUT2D eigenvalue weighted by molar-refractivity contribution is 7.98. The minimum absolute atomic E-state index is 0.251. The molecule has 2 rings (SSSR count). The molecule has 0 aliphatic carbocycles. The Kier molecular flexibility index (Phi) is 4.83. The van der Waals surface area contributed by atoms with Crippen molar-refractivity contribution in [3.63, 3.8) is 0 Å². The summed E-state index contributed by atoms with van der Waals surface area (Å²) < 4.78 is 1.23. The molecular weight excluding hydrogens is 292 g/mol. The van der Waals surface area contributed by atoms with Crippen molar-refractivity contribution in [2.24, 2.45) is 0 Å². The second-order valence-electron chi connectivity index (χ2n) is 4.10. The summed E-state index contributed by atoms with van der Waals surface area (Å²) in [6.45, 7) is -0.251. The van der Waals surface area contributed by atoms with Crippen LogP contribution in [-0.2, 0) is 11.3 Å². The zero-order valence-electron chi connectivity index (χ0n) is 11.2. The molecule has 3 N–H and O–H groups in total. The molecule has 1 aromatic carbocycles. The van der Waals surface area contributed by atoms with Crippen molar-refractivity contribution in [2.75, 3.05) is 16.9 Å². The molecule has 0 atom stereocenters. The van der Waals surface area contributed by atoms with Crippen molar-refractivity contribution in [3.8, 4) is 0 Å². The molecule has 0 aliphatic heterocycles. The molecule has 0 saturated carbocycles. The van der Waals surface area contributed by atoms with Crippen LogP contribution in [0.5, 0.6) is 0 Å². The maximum Gasteiger partial charge on any atom is 0.325 e. The molecule has 0 saturated heterocycles. The lowest BCUT2D eigenvalue weighted by molar-refractivity contribution is -0.137. The van der Waals surface area contributed by atoms with E-state index in [9.17, 15) is 9.59 Å². The van der Waals surface area contributed by atoms with Crippen LogP contribution in [0.3, 0.4) is 0 Å². The van der Waals surface area contributed by atoms with Crippen molar-refractivity contribution in [1.29, 1.82) is 0 Å². The fourth-order valence-corrected chi connectivity index (χ4v) is 2.24. The van der Waals surface area contributed by atoms with Gasteiger partial charge < -0.3 is 15.7 Å². The molecule has 110 valence electrons. The number of aromatic nitrogens is 2. The number of benzene rings is 1. The monoisotopic (exact) mass is 306 g/mol. The van der Waals surface area contributed by atoms with Crippen LogP contribution in [0.2, 0.25) is 0 Å². The normalized spacial score (nSPS) is 10.1. The third kappa shape index (κ3) is 4.25. The fraction of sp³-hybridized carbons (Fsp3) is 0.154. The number of hydrogen-bond donors (Lipinski definition) is 3. The molecule has 0 fully saturated rings. The second kappa shape index (κ2) is 6.80. The van der Waals surface area contributed by atoms with E-state index in [0.717, 1.165) is 4.90 Å². The molecule has 7 nitrogen and oxygen atoms in total. The van der Waals surface area contributed by atoms with E-state index in [2.05, 4.69) is 15.7 Å². The summed E-state index contributed by atoms with van der Waals surface area (Å²) in [6, 6.07) is 7.03. The number of nitrogens with one attached hydrogen (secondary N) is 2. The molecule has 1 aromatic heterocycles. The van der Waals surface area contributed by atoms with Gasteiger partial charge in [0.15, 0.2) is 0 Å². The SMILES string of the molecule is CSc1ccccc1NC(=O)Nc1cnn(CC(=O)O)c1. The third-order valence-corrected chi connectivity index (χ3v) is 3.34. The first-order valence-electron chi connectivity index (χ1n) is 6.04. The van der Waals surface area contributed by atoms with Crippen LogP contribution >= 0.6 is 11.8 Å². The maximum atomic E-state index is 11.9. The summed E-state index contributed by atoms with van der Waals surface area (Å²) in [5.41, 5.74) is 1.14. The molecule has 1 heterocycles. The average Bonchev–Trinajstić information content (AvgIpc) is 2.85. The predicted octanol–water partition coefficient (Wildman–Crippen LogP) is 2.33. The summed E-state index contributed by atoms with van der Waals surface area (Å²) in [4.78, 5) is 23.4. The van der Waals surface area contributed by atoms with Gasteiger partial charge in [-0.15, -0.1) is 11.8 Å². The molecule has 8 heteroatoms. The molecule has 0 aliphatic rings. The number of carboxylic acid groups (broad SMARTS) is 1. The number of carbonyl (C=O) groups is 2. The Morgan fingerprint density at radius 1 is 1.33 bits per heavy atom. The van der Waals surface area contributed by atoms with E-state index in [4.69, 9.17) is 5.11 Å². The highest BCUT2D eigenvalue weighted by Gasteiger charge is 2.08. The van der Waals surface area contributed by atoms with Gasteiger partial charge in [-0.3, -0.25) is 9.48 Å². The summed E-state index contributed by atoms with van der Waals surface area (Å²) in [6.07, 6.45) is 4.77. The number of carboxylic acids is 1. The lowest BCUT2D eigenvalue weighted by Gasteiger charge is -2.09. The van der Waals surface area contributed by atoms with Crippen LogP contribution in [-0.4, -0.2) is 33.1 Å². The van der Waals surface area contributed by atoms with Crippen molar-refractivity contribution in [3.05, 3.63) is 36.7 Å². The maximum absolute atomic E-state index is 11.9. The Balaban J connectivity index is 1.98. The number of hydrogen-bond acceptors (Lipinski definition) is 4. The molecule has 21 heavy (non-hydrogen) atoms. The number of thioether (sulfide) groups is 1. The van der Waals surface area contributed by atoms with E-state index in [-0.39, 0.29) is 6.54 Å². The van der Waals surface area contributed by atoms with Gasteiger partial charge in [-0.05, 0) is 18.4 Å². The quantitative estimate of drug-likeness (QED) is 0.737. The van der Waals surface area contributed by atoms with Gasteiger partial charge in [-0.1, -0.05) is 12.1 Å². The number of rotatable bonds is 5. The number of carbonyl (C=O) groups excluding carboxylic acids is 1. The van der Waals surface area contributed by atoms with E-state index in [0.29, 0.717) is 11.4 Å². The summed E-state index contributed by atoms with van der Waals surface area (Å²) in [5.74, 6) is -0.997. The first-order valence-corrected chi connectivity index (χ1v) is 7.26. The summed E-state index contributed by atoms with van der Waals surface area (Å²) >= 11 is 1.53. The second-order valence-corrected chi connectivity index (χ2v) is 4.95. The number of anilines is 2. The van der Waals surface area contributed by atoms with Gasteiger partial charge in [0.1, 0.15) is 6.54 Å². The van der Waals surface area contributed by atoms with Gasteiger partial charge in [-0.2, -0.15) is 5.10 Å². The predicted molar refractivity (Wildman–Crippen MR) is 80.7 cm³/mol. The van der Waals surface area contributed by atoms with Gasteiger partial charge in [-0.25, -0.2) is 4.79 Å². The van der Waals surface area contributed by atoms with E-state index in [1.165, 1.54) is 28.8 Å². The van der Waals surface area contributed by atoms with Crippen LogP contribution in [0.1, 0.15) is 0 Å². The fourth-order valence-electron chi connectivity index (χ4n) is 1.69. The zero-order chi connectivity index (χ0) is 15.2. The lowest BCUT2D eigenvalue weighted by Crippen LogP contribution is -2.19. The molecule has 0 spiro atoms. The van der Waals surface area contributed by atoms with Crippen LogP contribution in [0.25, 0.3) is 0 Å². The summed E-state index contributed by atoms with van der Waals surface area (Å²) in [7, 11) is 0. The minimum atomic E-state index is -0.997. The number of aliphatic carboxylic acids is 1. The van der Waals surface area contributed by atoms with Crippen LogP contribution in [0, 0.1) is 0 Å². The Hall–Kier alpha value is -2.48. The molecule has 0 radical (unpaired) electrons. The van der Waals surface area contributed by atoms with E-state index < -0.39 is 12.0 Å². The van der Waals surface area contributed by atoms with Crippen molar-refractivity contribution in [2.45, 2.75) is 11.4 Å². The lowest BCUT2D eigenvalue weighted by atomic mass is 10.3. The minimum Gasteiger partial charge on any atom is -0.480 e. The Labute approximate surface area is 125 Å². The zero-order valence-corrected chi connectivity index (χ0v) is 12.1. The van der Waals surface area contributed by atoms with Gasteiger partial charge in [0, 0.05) is 11.1 Å². The van der Waals surface area contributed by atoms with Crippen molar-refractivity contribution in [1.82, 2.24) is 9.78 Å². The van der Waals surface area contributed by atoms with Crippen molar-refractivity contribution < 1.29 is 14.7 Å². The Morgan fingerprint density at radius 3 is 2.81 bits per heavy atom. The highest BCUT2D eigenvalue weighted by Crippen LogP contribution is 2.24. The average molecular weight is 306 g/mol. The largest absolute Gasteiger partial charge is 0.480 e. The molecule has 2 amide bonds. The van der Waals surface area contributed by atoms with Gasteiger partial charge in [0.2, 0.25) is 0 Å². The van der Waals surface area contributed by atoms with E-state index in [1.54, 1.807) is 6.07 Å². The Bertz CT molecular complexity index is 656. The first kappa shape index (κ1) is 14.9. The summed E-state index contributed by atoms with van der Waals surface area (Å²) in [5, 5.41) is 17.8. The van der Waals surface area contributed by atoms with Gasteiger partial charge >= 0.3 is 12.0 Å².